The van der Waals surface area contributed by atoms with E-state index in [-0.39, 0.29) is 34.1 Å². The normalized spacial score (nSPS) is 14.3. The molecule has 0 bridgehead atoms. The largest absolute Gasteiger partial charge is 0.619 e. The highest BCUT2D eigenvalue weighted by molar-refractivity contribution is 7.90. The number of esters is 1. The Labute approximate surface area is 155 Å². The predicted molar refractivity (Wildman–Crippen MR) is 94.8 cm³/mol. The minimum atomic E-state index is -3.73. The molecule has 0 saturated heterocycles. The smallest absolute Gasteiger partial charge is 0.359 e. The predicted octanol–water partition coefficient (Wildman–Crippen LogP) is 1.64. The minimum Gasteiger partial charge on any atom is -0.619 e. The number of aromatic nitrogens is 3. The Bertz CT molecular complexity index is 1150. The third-order valence-electron chi connectivity index (χ3n) is 4.27. The maximum absolute atomic E-state index is 12.7. The van der Waals surface area contributed by atoms with Crippen molar-refractivity contribution in [2.75, 3.05) is 6.61 Å². The number of para-hydroxylation sites is 1. The number of fused-ring (bicyclic) bond motifs is 3. The third kappa shape index (κ3) is 2.76. The first kappa shape index (κ1) is 17.2. The first-order valence-electron chi connectivity index (χ1n) is 8.22. The van der Waals surface area contributed by atoms with Crippen molar-refractivity contribution in [1.29, 1.82) is 0 Å². The van der Waals surface area contributed by atoms with Crippen LogP contribution in [0.15, 0.2) is 53.7 Å². The lowest BCUT2D eigenvalue weighted by atomic mass is 10.1. The van der Waals surface area contributed by atoms with E-state index in [1.165, 1.54) is 16.9 Å². The van der Waals surface area contributed by atoms with Crippen LogP contribution in [0, 0.1) is 5.21 Å². The molecule has 0 fully saturated rings. The number of rotatable bonds is 3. The summed E-state index contributed by atoms with van der Waals surface area (Å²) < 4.78 is 32.5. The second-order valence-corrected chi connectivity index (χ2v) is 7.94. The van der Waals surface area contributed by atoms with E-state index >= 15 is 0 Å². The van der Waals surface area contributed by atoms with Crippen LogP contribution in [0.4, 0.5) is 0 Å². The van der Waals surface area contributed by atoms with Gasteiger partial charge in [-0.3, -0.25) is 0 Å². The van der Waals surface area contributed by atoms with Gasteiger partial charge in [-0.2, -0.15) is 9.83 Å². The monoisotopic (exact) mass is 385 g/mol. The molecular weight excluding hydrogens is 370 g/mol. The van der Waals surface area contributed by atoms with Crippen molar-refractivity contribution in [3.63, 3.8) is 0 Å². The molecule has 3 heterocycles. The van der Waals surface area contributed by atoms with E-state index in [4.69, 9.17) is 4.74 Å². The molecule has 1 aliphatic rings. The average Bonchev–Trinajstić information content (AvgIpc) is 3.01. The van der Waals surface area contributed by atoms with Gasteiger partial charge in [-0.15, -0.1) is 0 Å². The molecule has 0 saturated carbocycles. The first-order chi connectivity index (χ1) is 12.9. The van der Waals surface area contributed by atoms with Crippen molar-refractivity contribution in [3.05, 3.63) is 65.3 Å². The van der Waals surface area contributed by atoms with Crippen molar-refractivity contribution < 1.29 is 22.7 Å². The molecule has 0 spiro atoms. The van der Waals surface area contributed by atoms with Gasteiger partial charge in [0, 0.05) is 11.6 Å². The fraction of sp³-hybridized carbons (Fsp3) is 0.167. The maximum Gasteiger partial charge on any atom is 0.359 e. The van der Waals surface area contributed by atoms with Crippen LogP contribution in [0.25, 0.3) is 16.9 Å². The lowest BCUT2D eigenvalue weighted by Gasteiger charge is -2.18. The Morgan fingerprint density at radius 1 is 1.30 bits per heavy atom. The number of carbonyl (C=O) groups excluding carboxylic acids is 1. The Morgan fingerprint density at radius 2 is 2.04 bits per heavy atom. The Kier molecular flexibility index (Phi) is 3.96. The Balaban J connectivity index is 2.07. The van der Waals surface area contributed by atoms with Gasteiger partial charge in [-0.1, -0.05) is 18.2 Å². The molecule has 138 valence electrons. The highest BCUT2D eigenvalue weighted by Gasteiger charge is 2.37. The molecule has 27 heavy (non-hydrogen) atoms. The summed E-state index contributed by atoms with van der Waals surface area (Å²) in [6, 6.07) is 10.3. The standard InChI is InChI=1S/C18H15N3O5S/c1-2-26-18(22)16-14-11-27(24,25)15-8-9-20(23)10-13(15)17(14)21(19-16)12-6-4-3-5-7-12/h3-10H,2,11H2,1H3. The van der Waals surface area contributed by atoms with E-state index < -0.39 is 15.8 Å². The van der Waals surface area contributed by atoms with Crippen molar-refractivity contribution in [1.82, 2.24) is 9.78 Å². The van der Waals surface area contributed by atoms with Crippen molar-refractivity contribution in [2.24, 2.45) is 0 Å². The van der Waals surface area contributed by atoms with E-state index in [0.717, 1.165) is 6.20 Å². The Morgan fingerprint density at radius 3 is 2.74 bits per heavy atom. The molecule has 0 amide bonds. The fourth-order valence-electron chi connectivity index (χ4n) is 3.16. The molecule has 1 aliphatic heterocycles. The van der Waals surface area contributed by atoms with Gasteiger partial charge in [0.15, 0.2) is 27.9 Å². The zero-order valence-corrected chi connectivity index (χ0v) is 15.1. The summed E-state index contributed by atoms with van der Waals surface area (Å²) in [5, 5.41) is 16.2. The number of nitrogens with zero attached hydrogens (tertiary/aromatic N) is 3. The van der Waals surface area contributed by atoms with Gasteiger partial charge in [0.2, 0.25) is 0 Å². The summed E-state index contributed by atoms with van der Waals surface area (Å²) in [5.41, 5.74) is 1.41. The number of pyridine rings is 1. The molecule has 0 aliphatic carbocycles. The molecule has 0 N–H and O–H groups in total. The minimum absolute atomic E-state index is 0.0367. The molecule has 9 heteroatoms. The zero-order valence-electron chi connectivity index (χ0n) is 14.3. The maximum atomic E-state index is 12.7. The van der Waals surface area contributed by atoms with Crippen LogP contribution in [-0.2, 0) is 20.3 Å². The lowest BCUT2D eigenvalue weighted by Crippen LogP contribution is -2.27. The molecule has 4 rings (SSSR count). The number of hydrogen-bond donors (Lipinski definition) is 0. The summed E-state index contributed by atoms with van der Waals surface area (Å²) in [6.07, 6.45) is 2.32. The zero-order chi connectivity index (χ0) is 19.2. The van der Waals surface area contributed by atoms with Crippen molar-refractivity contribution >= 4 is 15.8 Å². The third-order valence-corrected chi connectivity index (χ3v) is 5.97. The average molecular weight is 385 g/mol. The van der Waals surface area contributed by atoms with E-state index in [1.807, 2.05) is 6.07 Å². The van der Waals surface area contributed by atoms with Crippen LogP contribution in [0.2, 0.25) is 0 Å². The SMILES string of the molecule is CCOC(=O)c1nn(-c2ccccc2)c2c1CS(=O)(=O)c1cc[n+]([O-])cc1-2. The van der Waals surface area contributed by atoms with Crippen LogP contribution < -0.4 is 4.73 Å². The second-order valence-electron chi connectivity index (χ2n) is 5.99. The summed E-state index contributed by atoms with van der Waals surface area (Å²) in [5.74, 6) is -1.09. The van der Waals surface area contributed by atoms with E-state index in [9.17, 15) is 18.4 Å². The van der Waals surface area contributed by atoms with Crippen LogP contribution >= 0.6 is 0 Å². The fourth-order valence-corrected chi connectivity index (χ4v) is 4.73. The topological polar surface area (TPSA) is 105 Å². The molecule has 8 nitrogen and oxygen atoms in total. The summed E-state index contributed by atoms with van der Waals surface area (Å²) in [7, 11) is -3.73. The Hall–Kier alpha value is -3.20. The first-order valence-corrected chi connectivity index (χ1v) is 9.88. The molecule has 2 aromatic heterocycles. The van der Waals surface area contributed by atoms with E-state index in [0.29, 0.717) is 16.1 Å². The molecule has 3 aromatic rings. The molecule has 0 atom stereocenters. The highest BCUT2D eigenvalue weighted by atomic mass is 32.2. The number of sulfone groups is 1. The summed E-state index contributed by atoms with van der Waals surface area (Å²) >= 11 is 0. The molecule has 0 radical (unpaired) electrons. The van der Waals surface area contributed by atoms with Crippen LogP contribution in [0.1, 0.15) is 23.0 Å². The van der Waals surface area contributed by atoms with Gasteiger partial charge in [0.1, 0.15) is 0 Å². The van der Waals surface area contributed by atoms with Crippen molar-refractivity contribution in [3.8, 4) is 16.9 Å². The van der Waals surface area contributed by atoms with Crippen molar-refractivity contribution in [2.45, 2.75) is 17.6 Å². The van der Waals surface area contributed by atoms with Crippen LogP contribution in [0.3, 0.4) is 0 Å². The van der Waals surface area contributed by atoms with E-state index in [2.05, 4.69) is 5.10 Å². The molecule has 1 aromatic carbocycles. The van der Waals surface area contributed by atoms with Gasteiger partial charge < -0.3 is 9.94 Å². The summed E-state index contributed by atoms with van der Waals surface area (Å²) in [4.78, 5) is 12.4. The van der Waals surface area contributed by atoms with Gasteiger partial charge in [0.05, 0.1) is 34.2 Å². The lowest BCUT2D eigenvalue weighted by molar-refractivity contribution is -0.605. The number of carbonyl (C=O) groups is 1. The van der Waals surface area contributed by atoms with Crippen LogP contribution in [0.5, 0.6) is 0 Å². The summed E-state index contributed by atoms with van der Waals surface area (Å²) in [6.45, 7) is 1.79. The second kappa shape index (κ2) is 6.20. The van der Waals surface area contributed by atoms with Gasteiger partial charge >= 0.3 is 5.97 Å². The number of ether oxygens (including phenoxy) is 1. The van der Waals surface area contributed by atoms with E-state index in [1.54, 1.807) is 31.2 Å². The quantitative estimate of drug-likeness (QED) is 0.386. The van der Waals surface area contributed by atoms with Crippen LogP contribution in [-0.4, -0.2) is 30.8 Å². The molecular formula is C18H15N3O5S. The van der Waals surface area contributed by atoms with Gasteiger partial charge in [-0.25, -0.2) is 17.9 Å². The number of benzene rings is 1. The molecule has 0 unspecified atom stereocenters. The van der Waals surface area contributed by atoms with Gasteiger partial charge in [-0.05, 0) is 19.1 Å². The highest BCUT2D eigenvalue weighted by Crippen LogP contribution is 2.39. The number of hydrogen-bond acceptors (Lipinski definition) is 6. The van der Waals surface area contributed by atoms with Gasteiger partial charge in [0.25, 0.3) is 0 Å².